The highest BCUT2D eigenvalue weighted by Gasteiger charge is 2.09. The lowest BCUT2D eigenvalue weighted by Crippen LogP contribution is -2.08. The molecule has 0 fully saturated rings. The molecular formula is C14H13N3OS. The Morgan fingerprint density at radius 3 is 2.79 bits per heavy atom. The van der Waals surface area contributed by atoms with Gasteiger partial charge in [-0.15, -0.1) is 0 Å². The molecule has 0 aromatic carbocycles. The minimum absolute atomic E-state index is 0.574. The lowest BCUT2D eigenvalue weighted by molar-refractivity contribution is 0.288. The third-order valence-electron chi connectivity index (χ3n) is 2.71. The molecular weight excluding hydrogens is 258 g/mol. The Labute approximate surface area is 115 Å². The Bertz CT molecular complexity index is 620. The molecule has 3 aromatic rings. The summed E-state index contributed by atoms with van der Waals surface area (Å²) in [6.45, 7) is 1.37. The fourth-order valence-corrected chi connectivity index (χ4v) is 2.44. The molecule has 19 heavy (non-hydrogen) atoms. The zero-order chi connectivity index (χ0) is 12.9. The number of rotatable bonds is 5. The molecule has 0 bridgehead atoms. The van der Waals surface area contributed by atoms with Gasteiger partial charge >= 0.3 is 0 Å². The SMILES string of the molecule is c1ccn(CCOc2nccnc2-c2ccsc2)c1. The molecule has 0 aliphatic rings. The molecule has 4 nitrogen and oxygen atoms in total. The molecule has 0 radical (unpaired) electrons. The van der Waals surface area contributed by atoms with Gasteiger partial charge in [0.25, 0.3) is 0 Å². The summed E-state index contributed by atoms with van der Waals surface area (Å²) in [7, 11) is 0. The molecule has 3 rings (SSSR count). The van der Waals surface area contributed by atoms with Crippen LogP contribution in [0.15, 0.2) is 53.7 Å². The van der Waals surface area contributed by atoms with Gasteiger partial charge in [-0.1, -0.05) is 0 Å². The van der Waals surface area contributed by atoms with Crippen LogP contribution in [0.5, 0.6) is 5.88 Å². The van der Waals surface area contributed by atoms with Gasteiger partial charge < -0.3 is 9.30 Å². The number of hydrogen-bond acceptors (Lipinski definition) is 4. The molecule has 0 N–H and O–H groups in total. The van der Waals surface area contributed by atoms with E-state index >= 15 is 0 Å². The number of thiophene rings is 1. The number of aromatic nitrogens is 3. The maximum Gasteiger partial charge on any atom is 0.240 e. The van der Waals surface area contributed by atoms with Crippen LogP contribution in [0.1, 0.15) is 0 Å². The Morgan fingerprint density at radius 2 is 2.00 bits per heavy atom. The van der Waals surface area contributed by atoms with Crippen LogP contribution in [0.4, 0.5) is 0 Å². The van der Waals surface area contributed by atoms with E-state index in [1.807, 2.05) is 41.4 Å². The molecule has 96 valence electrons. The minimum Gasteiger partial charge on any atom is -0.474 e. The third kappa shape index (κ3) is 2.82. The van der Waals surface area contributed by atoms with E-state index in [1.54, 1.807) is 23.7 Å². The first-order chi connectivity index (χ1) is 9.43. The maximum absolute atomic E-state index is 5.74. The van der Waals surface area contributed by atoms with Crippen LogP contribution < -0.4 is 4.74 Å². The zero-order valence-electron chi connectivity index (χ0n) is 10.3. The average molecular weight is 271 g/mol. The molecule has 0 unspecified atom stereocenters. The van der Waals surface area contributed by atoms with E-state index in [0.717, 1.165) is 17.8 Å². The summed E-state index contributed by atoms with van der Waals surface area (Å²) < 4.78 is 7.81. The van der Waals surface area contributed by atoms with Crippen molar-refractivity contribution in [3.8, 4) is 17.1 Å². The quantitative estimate of drug-likeness (QED) is 0.716. The number of nitrogens with zero attached hydrogens (tertiary/aromatic N) is 3. The lowest BCUT2D eigenvalue weighted by Gasteiger charge is -2.08. The van der Waals surface area contributed by atoms with Crippen molar-refractivity contribution in [2.45, 2.75) is 6.54 Å². The molecule has 3 aromatic heterocycles. The summed E-state index contributed by atoms with van der Waals surface area (Å²) in [4.78, 5) is 8.61. The Morgan fingerprint density at radius 1 is 1.16 bits per heavy atom. The van der Waals surface area contributed by atoms with Crippen LogP contribution in [0.2, 0.25) is 0 Å². The zero-order valence-corrected chi connectivity index (χ0v) is 11.1. The van der Waals surface area contributed by atoms with Gasteiger partial charge in [0.15, 0.2) is 0 Å². The number of ether oxygens (including phenoxy) is 1. The van der Waals surface area contributed by atoms with Crippen LogP contribution in [-0.4, -0.2) is 21.1 Å². The summed E-state index contributed by atoms with van der Waals surface area (Å²) in [5, 5.41) is 4.07. The van der Waals surface area contributed by atoms with E-state index < -0.39 is 0 Å². The minimum atomic E-state index is 0.574. The Kier molecular flexibility index (Phi) is 3.56. The van der Waals surface area contributed by atoms with Gasteiger partial charge in [0.05, 0.1) is 6.54 Å². The molecule has 0 atom stereocenters. The average Bonchev–Trinajstić information content (AvgIpc) is 3.12. The van der Waals surface area contributed by atoms with E-state index in [0.29, 0.717) is 12.5 Å². The largest absolute Gasteiger partial charge is 0.474 e. The second-order valence-corrected chi connectivity index (χ2v) is 4.77. The second kappa shape index (κ2) is 5.67. The first kappa shape index (κ1) is 11.9. The Hall–Kier alpha value is -2.14. The van der Waals surface area contributed by atoms with Crippen molar-refractivity contribution in [3.63, 3.8) is 0 Å². The predicted octanol–water partition coefficient (Wildman–Crippen LogP) is 3.09. The Balaban J connectivity index is 1.71. The monoisotopic (exact) mass is 271 g/mol. The van der Waals surface area contributed by atoms with Gasteiger partial charge in [-0.2, -0.15) is 11.3 Å². The van der Waals surface area contributed by atoms with Crippen molar-refractivity contribution in [2.24, 2.45) is 0 Å². The molecule has 5 heteroatoms. The fraction of sp³-hybridized carbons (Fsp3) is 0.143. The normalized spacial score (nSPS) is 10.5. The van der Waals surface area contributed by atoms with E-state index in [-0.39, 0.29) is 0 Å². The van der Waals surface area contributed by atoms with Crippen molar-refractivity contribution < 1.29 is 4.74 Å². The highest BCUT2D eigenvalue weighted by Crippen LogP contribution is 2.26. The van der Waals surface area contributed by atoms with E-state index in [1.165, 1.54) is 0 Å². The maximum atomic E-state index is 5.74. The highest BCUT2D eigenvalue weighted by molar-refractivity contribution is 7.08. The molecule has 0 spiro atoms. The van der Waals surface area contributed by atoms with Gasteiger partial charge in [-0.05, 0) is 23.6 Å². The summed E-state index contributed by atoms with van der Waals surface area (Å²) >= 11 is 1.64. The van der Waals surface area contributed by atoms with Gasteiger partial charge in [0, 0.05) is 35.7 Å². The van der Waals surface area contributed by atoms with E-state index in [2.05, 4.69) is 14.5 Å². The summed E-state index contributed by atoms with van der Waals surface area (Å²) in [6.07, 6.45) is 7.37. The van der Waals surface area contributed by atoms with Crippen molar-refractivity contribution in [3.05, 3.63) is 53.7 Å². The second-order valence-electron chi connectivity index (χ2n) is 3.99. The highest BCUT2D eigenvalue weighted by atomic mass is 32.1. The standard InChI is InChI=1S/C14H13N3OS/c1-2-7-17(6-1)8-9-18-14-13(15-4-5-16-14)12-3-10-19-11-12/h1-7,10-11H,8-9H2. The van der Waals surface area contributed by atoms with Crippen molar-refractivity contribution in [1.82, 2.24) is 14.5 Å². The molecule has 0 saturated heterocycles. The van der Waals surface area contributed by atoms with Crippen molar-refractivity contribution in [2.75, 3.05) is 6.61 Å². The first-order valence-electron chi connectivity index (χ1n) is 6.00. The molecule has 0 aliphatic heterocycles. The fourth-order valence-electron chi connectivity index (χ4n) is 1.80. The topological polar surface area (TPSA) is 39.9 Å². The lowest BCUT2D eigenvalue weighted by atomic mass is 10.2. The first-order valence-corrected chi connectivity index (χ1v) is 6.95. The van der Waals surface area contributed by atoms with Gasteiger partial charge in [0.1, 0.15) is 12.3 Å². The molecule has 0 amide bonds. The molecule has 0 aliphatic carbocycles. The molecule has 3 heterocycles. The van der Waals surface area contributed by atoms with Crippen molar-refractivity contribution in [1.29, 1.82) is 0 Å². The van der Waals surface area contributed by atoms with E-state index in [9.17, 15) is 0 Å². The van der Waals surface area contributed by atoms with E-state index in [4.69, 9.17) is 4.74 Å². The molecule has 0 saturated carbocycles. The van der Waals surface area contributed by atoms with Crippen LogP contribution in [0.25, 0.3) is 11.3 Å². The number of hydrogen-bond donors (Lipinski definition) is 0. The van der Waals surface area contributed by atoms with Crippen molar-refractivity contribution >= 4 is 11.3 Å². The summed E-state index contributed by atoms with van der Waals surface area (Å²) in [6, 6.07) is 6.02. The smallest absolute Gasteiger partial charge is 0.240 e. The van der Waals surface area contributed by atoms with Crippen LogP contribution in [0.3, 0.4) is 0 Å². The van der Waals surface area contributed by atoms with Gasteiger partial charge in [-0.3, -0.25) is 0 Å². The van der Waals surface area contributed by atoms with Crippen LogP contribution in [0, 0.1) is 0 Å². The van der Waals surface area contributed by atoms with Crippen LogP contribution >= 0.6 is 11.3 Å². The van der Waals surface area contributed by atoms with Gasteiger partial charge in [0.2, 0.25) is 5.88 Å². The predicted molar refractivity (Wildman–Crippen MR) is 75.3 cm³/mol. The van der Waals surface area contributed by atoms with Gasteiger partial charge in [-0.25, -0.2) is 9.97 Å². The summed E-state index contributed by atoms with van der Waals surface area (Å²) in [5.74, 6) is 0.591. The van der Waals surface area contributed by atoms with Crippen LogP contribution in [-0.2, 0) is 6.54 Å². The third-order valence-corrected chi connectivity index (χ3v) is 3.40. The summed E-state index contributed by atoms with van der Waals surface area (Å²) in [5.41, 5.74) is 1.85.